The van der Waals surface area contributed by atoms with Crippen LogP contribution in [-0.4, -0.2) is 26.0 Å². The van der Waals surface area contributed by atoms with Gasteiger partial charge < -0.3 is 14.2 Å². The van der Waals surface area contributed by atoms with Gasteiger partial charge in [-0.3, -0.25) is 5.32 Å². The molecule has 134 valence electrons. The fourth-order valence-corrected chi connectivity index (χ4v) is 2.97. The molecule has 0 unspecified atom stereocenters. The van der Waals surface area contributed by atoms with Gasteiger partial charge in [-0.05, 0) is 42.7 Å². The van der Waals surface area contributed by atoms with E-state index in [0.717, 1.165) is 17.1 Å². The molecule has 0 spiro atoms. The van der Waals surface area contributed by atoms with E-state index in [2.05, 4.69) is 17.4 Å². The first-order chi connectivity index (χ1) is 12.4. The Hall–Kier alpha value is -2.04. The van der Waals surface area contributed by atoms with Crippen molar-refractivity contribution in [2.24, 2.45) is 0 Å². The smallest absolute Gasteiger partial charge is 0.120 e. The van der Waals surface area contributed by atoms with Crippen LogP contribution in [0.2, 0.25) is 0 Å². The first-order valence-electron chi connectivity index (χ1n) is 9.11. The molecule has 2 aromatic carbocycles. The molecule has 1 N–H and O–H groups in total. The van der Waals surface area contributed by atoms with Crippen LogP contribution >= 0.6 is 0 Å². The molecule has 25 heavy (non-hydrogen) atoms. The van der Waals surface area contributed by atoms with E-state index in [0.29, 0.717) is 32.6 Å². The molecule has 4 heteroatoms. The van der Waals surface area contributed by atoms with E-state index >= 15 is 0 Å². The van der Waals surface area contributed by atoms with Gasteiger partial charge in [-0.1, -0.05) is 43.2 Å². The van der Waals surface area contributed by atoms with Gasteiger partial charge in [-0.2, -0.15) is 0 Å². The molecule has 0 bridgehead atoms. The summed E-state index contributed by atoms with van der Waals surface area (Å²) in [6.07, 6.45) is 5.23. The average molecular weight is 341 g/mol. The minimum atomic E-state index is 0.552. The molecule has 0 aromatic heterocycles. The van der Waals surface area contributed by atoms with Crippen LogP contribution in [-0.2, 0) is 11.3 Å². The molecular formula is C21H27NO3. The topological polar surface area (TPSA) is 39.7 Å². The van der Waals surface area contributed by atoms with Crippen molar-refractivity contribution in [2.75, 3.05) is 19.9 Å². The minimum absolute atomic E-state index is 0.552. The van der Waals surface area contributed by atoms with Crippen LogP contribution in [0.1, 0.15) is 31.2 Å². The third kappa shape index (κ3) is 6.40. The Kier molecular flexibility index (Phi) is 7.16. The molecule has 1 aliphatic rings. The zero-order valence-electron chi connectivity index (χ0n) is 14.7. The summed E-state index contributed by atoms with van der Waals surface area (Å²) in [7, 11) is 0. The molecule has 0 radical (unpaired) electrons. The molecule has 0 heterocycles. The molecular weight excluding hydrogens is 314 g/mol. The van der Waals surface area contributed by atoms with Crippen LogP contribution in [0.15, 0.2) is 54.6 Å². The number of hydrogen-bond donors (Lipinski definition) is 1. The fraction of sp³-hybridized carbons (Fsp3) is 0.429. The van der Waals surface area contributed by atoms with Gasteiger partial charge in [-0.25, -0.2) is 0 Å². The third-order valence-corrected chi connectivity index (χ3v) is 4.40. The summed E-state index contributed by atoms with van der Waals surface area (Å²) in [5.41, 5.74) is 1.16. The van der Waals surface area contributed by atoms with E-state index in [-0.39, 0.29) is 0 Å². The predicted molar refractivity (Wildman–Crippen MR) is 98.9 cm³/mol. The summed E-state index contributed by atoms with van der Waals surface area (Å²) in [5, 5.41) is 3.42. The number of rotatable bonds is 10. The average Bonchev–Trinajstić information content (AvgIpc) is 3.18. The highest BCUT2D eigenvalue weighted by molar-refractivity contribution is 5.31. The van der Waals surface area contributed by atoms with Crippen LogP contribution in [0.4, 0.5) is 0 Å². The van der Waals surface area contributed by atoms with Gasteiger partial charge in [0.05, 0.1) is 13.3 Å². The number of benzene rings is 2. The van der Waals surface area contributed by atoms with E-state index in [1.165, 1.54) is 25.7 Å². The highest BCUT2D eigenvalue weighted by Crippen LogP contribution is 2.19. The Balaban J connectivity index is 1.28. The molecule has 2 aromatic rings. The highest BCUT2D eigenvalue weighted by Gasteiger charge is 2.13. The summed E-state index contributed by atoms with van der Waals surface area (Å²) in [5.74, 6) is 1.67. The van der Waals surface area contributed by atoms with Gasteiger partial charge in [0, 0.05) is 6.04 Å². The van der Waals surface area contributed by atoms with Gasteiger partial charge in [0.15, 0.2) is 0 Å². The van der Waals surface area contributed by atoms with Crippen molar-refractivity contribution in [3.63, 3.8) is 0 Å². The zero-order valence-corrected chi connectivity index (χ0v) is 14.7. The normalized spacial score (nSPS) is 14.6. The van der Waals surface area contributed by atoms with Crippen molar-refractivity contribution in [1.82, 2.24) is 5.32 Å². The van der Waals surface area contributed by atoms with Crippen molar-refractivity contribution < 1.29 is 14.2 Å². The summed E-state index contributed by atoms with van der Waals surface area (Å²) in [6.45, 7) is 2.33. The first kappa shape index (κ1) is 17.8. The van der Waals surface area contributed by atoms with Crippen LogP contribution in [0.3, 0.4) is 0 Å². The van der Waals surface area contributed by atoms with E-state index in [1.807, 2.05) is 42.5 Å². The summed E-state index contributed by atoms with van der Waals surface area (Å²) in [4.78, 5) is 0. The first-order valence-corrected chi connectivity index (χ1v) is 9.11. The van der Waals surface area contributed by atoms with Crippen molar-refractivity contribution >= 4 is 0 Å². The van der Waals surface area contributed by atoms with Gasteiger partial charge in [0.25, 0.3) is 0 Å². The lowest BCUT2D eigenvalue weighted by Crippen LogP contribution is -2.29. The van der Waals surface area contributed by atoms with Gasteiger partial charge in [0.1, 0.15) is 24.7 Å². The molecule has 1 aliphatic carbocycles. The quantitative estimate of drug-likeness (QED) is 0.520. The Labute approximate surface area is 150 Å². The van der Waals surface area contributed by atoms with E-state index in [1.54, 1.807) is 0 Å². The van der Waals surface area contributed by atoms with Crippen molar-refractivity contribution in [2.45, 2.75) is 38.3 Å². The standard InChI is InChI=1S/C21H27NO3/c1-2-6-18(7-3-1)16-25-21-12-10-20(11-13-21)24-15-14-23-17-22-19-8-4-5-9-19/h1-3,6-7,10-13,19,22H,4-5,8-9,14-17H2. The van der Waals surface area contributed by atoms with Gasteiger partial charge >= 0.3 is 0 Å². The van der Waals surface area contributed by atoms with Crippen molar-refractivity contribution in [3.05, 3.63) is 60.2 Å². The fourth-order valence-electron chi connectivity index (χ4n) is 2.97. The molecule has 3 rings (SSSR count). The Morgan fingerprint density at radius 2 is 1.48 bits per heavy atom. The van der Waals surface area contributed by atoms with Crippen LogP contribution in [0, 0.1) is 0 Å². The number of hydrogen-bond acceptors (Lipinski definition) is 4. The largest absolute Gasteiger partial charge is 0.491 e. The number of ether oxygens (including phenoxy) is 3. The van der Waals surface area contributed by atoms with Crippen molar-refractivity contribution in [3.8, 4) is 11.5 Å². The highest BCUT2D eigenvalue weighted by atomic mass is 16.5. The zero-order chi connectivity index (χ0) is 17.2. The maximum absolute atomic E-state index is 5.76. The minimum Gasteiger partial charge on any atom is -0.491 e. The van der Waals surface area contributed by atoms with Gasteiger partial charge in [0.2, 0.25) is 0 Å². The van der Waals surface area contributed by atoms with Crippen LogP contribution in [0.5, 0.6) is 11.5 Å². The number of nitrogens with one attached hydrogen (secondary N) is 1. The van der Waals surface area contributed by atoms with E-state index in [9.17, 15) is 0 Å². The summed E-state index contributed by atoms with van der Waals surface area (Å²) >= 11 is 0. The maximum atomic E-state index is 5.76. The summed E-state index contributed by atoms with van der Waals surface area (Å²) < 4.78 is 17.0. The Bertz CT molecular complexity index is 594. The SMILES string of the molecule is c1ccc(COc2ccc(OCCOCNC3CCCC3)cc2)cc1. The lowest BCUT2D eigenvalue weighted by molar-refractivity contribution is 0.0809. The molecule has 0 aliphatic heterocycles. The molecule has 4 nitrogen and oxygen atoms in total. The summed E-state index contributed by atoms with van der Waals surface area (Å²) in [6, 6.07) is 18.5. The lowest BCUT2D eigenvalue weighted by Gasteiger charge is -2.12. The van der Waals surface area contributed by atoms with Crippen molar-refractivity contribution in [1.29, 1.82) is 0 Å². The Morgan fingerprint density at radius 1 is 0.800 bits per heavy atom. The second-order valence-corrected chi connectivity index (χ2v) is 6.33. The van der Waals surface area contributed by atoms with E-state index in [4.69, 9.17) is 14.2 Å². The maximum Gasteiger partial charge on any atom is 0.120 e. The van der Waals surface area contributed by atoms with Crippen LogP contribution < -0.4 is 14.8 Å². The second-order valence-electron chi connectivity index (χ2n) is 6.33. The molecule has 0 atom stereocenters. The molecule has 1 saturated carbocycles. The second kappa shape index (κ2) is 10.1. The van der Waals surface area contributed by atoms with Gasteiger partial charge in [-0.15, -0.1) is 0 Å². The molecule has 0 amide bonds. The molecule has 0 saturated heterocycles. The van der Waals surface area contributed by atoms with Crippen LogP contribution in [0.25, 0.3) is 0 Å². The third-order valence-electron chi connectivity index (χ3n) is 4.40. The predicted octanol–water partition coefficient (Wildman–Crippen LogP) is 4.15. The lowest BCUT2D eigenvalue weighted by atomic mass is 10.2. The molecule has 1 fully saturated rings. The Morgan fingerprint density at radius 3 is 2.20 bits per heavy atom. The monoisotopic (exact) mass is 341 g/mol. The van der Waals surface area contributed by atoms with E-state index < -0.39 is 0 Å².